The van der Waals surface area contributed by atoms with Gasteiger partial charge >= 0.3 is 0 Å². The number of rotatable bonds is 3. The Hall–Kier alpha value is -8.06. The second kappa shape index (κ2) is 11.2. The number of fused-ring (bicyclic) bond motifs is 13. The van der Waals surface area contributed by atoms with Gasteiger partial charge in [0.05, 0.1) is 61.0 Å². The van der Waals surface area contributed by atoms with Gasteiger partial charge in [0.2, 0.25) is 0 Å². The summed E-state index contributed by atoms with van der Waals surface area (Å²) < 4.78 is 13.2. The van der Waals surface area contributed by atoms with Crippen LogP contribution < -0.4 is 0 Å². The second-order valence-electron chi connectivity index (χ2n) is 14.3. The van der Waals surface area contributed by atoms with E-state index >= 15 is 0 Å². The van der Waals surface area contributed by atoms with E-state index in [1.165, 1.54) is 10.8 Å². The summed E-state index contributed by atoms with van der Waals surface area (Å²) in [5.74, 6) is 0. The highest BCUT2D eigenvalue weighted by atomic mass is 16.3. The van der Waals surface area contributed by atoms with Crippen molar-refractivity contribution in [3.63, 3.8) is 0 Å². The van der Waals surface area contributed by atoms with E-state index in [1.54, 1.807) is 6.07 Å². The third kappa shape index (κ3) is 3.97. The lowest BCUT2D eigenvalue weighted by molar-refractivity contribution is 0.673. The fourth-order valence-corrected chi connectivity index (χ4v) is 9.18. The number of para-hydroxylation sites is 5. The van der Waals surface area contributed by atoms with Crippen molar-refractivity contribution in [3.05, 3.63) is 175 Å². The maximum Gasteiger partial charge on any atom is 0.145 e. The van der Waals surface area contributed by atoms with Crippen molar-refractivity contribution in [3.8, 4) is 29.2 Å². The molecule has 0 aliphatic heterocycles. The third-order valence-corrected chi connectivity index (χ3v) is 11.5. The van der Waals surface area contributed by atoms with Crippen LogP contribution in [0.5, 0.6) is 0 Å². The molecule has 0 bridgehead atoms. The number of nitrogens with zero attached hydrogens (tertiary/aromatic N) is 5. The molecule has 0 fully saturated rings. The molecule has 4 aromatic heterocycles. The summed E-state index contributed by atoms with van der Waals surface area (Å²) in [6, 6.07) is 61.2. The van der Waals surface area contributed by atoms with Gasteiger partial charge in [-0.15, -0.1) is 0 Å². The summed E-state index contributed by atoms with van der Waals surface area (Å²) in [6.45, 7) is 0. The van der Waals surface area contributed by atoms with Crippen LogP contribution in [0.25, 0.3) is 104 Å². The number of aromatic nitrogens is 3. The molecule has 4 heterocycles. The van der Waals surface area contributed by atoms with Gasteiger partial charge in [0.25, 0.3) is 0 Å². The Morgan fingerprint density at radius 3 is 1.50 bits per heavy atom. The average molecular weight is 714 g/mol. The first kappa shape index (κ1) is 30.4. The molecular formula is C50H27N5O. The summed E-state index contributed by atoms with van der Waals surface area (Å²) in [4.78, 5) is 0. The summed E-state index contributed by atoms with van der Waals surface area (Å²) in [6.07, 6.45) is 0. The molecule has 0 N–H and O–H groups in total. The second-order valence-corrected chi connectivity index (χ2v) is 14.3. The summed E-state index contributed by atoms with van der Waals surface area (Å²) in [7, 11) is 0. The lowest BCUT2D eigenvalue weighted by Crippen LogP contribution is -2.04. The van der Waals surface area contributed by atoms with Crippen LogP contribution in [0.3, 0.4) is 0 Å². The van der Waals surface area contributed by atoms with Crippen molar-refractivity contribution in [2.75, 3.05) is 0 Å². The zero-order chi connectivity index (χ0) is 37.1. The SMILES string of the molecule is N#Cc1cc(C#N)c(-n2c3ccccc3c3c4oc5ccccc5c4ccc32)cc1-n1c2ccccc2c2cc(-n3c4ccccc4c4ccccc43)ccc21. The molecule has 0 spiro atoms. The van der Waals surface area contributed by atoms with Gasteiger partial charge in [0.1, 0.15) is 23.3 Å². The Bertz CT molecular complexity index is 3690. The summed E-state index contributed by atoms with van der Waals surface area (Å²) in [5, 5.41) is 30.1. The van der Waals surface area contributed by atoms with Gasteiger partial charge in [-0.2, -0.15) is 10.5 Å². The maximum absolute atomic E-state index is 10.7. The largest absolute Gasteiger partial charge is 0.455 e. The molecule has 12 aromatic rings. The Labute approximate surface area is 319 Å². The molecule has 0 unspecified atom stereocenters. The first-order valence-corrected chi connectivity index (χ1v) is 18.6. The van der Waals surface area contributed by atoms with Crippen LogP contribution in [0.4, 0.5) is 0 Å². The Morgan fingerprint density at radius 1 is 0.375 bits per heavy atom. The highest BCUT2D eigenvalue weighted by Crippen LogP contribution is 2.43. The normalized spacial score (nSPS) is 11.9. The maximum atomic E-state index is 10.7. The van der Waals surface area contributed by atoms with Crippen LogP contribution in [0.15, 0.2) is 168 Å². The van der Waals surface area contributed by atoms with Crippen molar-refractivity contribution < 1.29 is 4.42 Å². The Kier molecular flexibility index (Phi) is 6.10. The standard InChI is InChI=1S/C50H27N5O/c51-28-30-25-31(29-52)47(55-43-19-9-4-15-38(43)49-45(55)24-22-37-36-14-5-10-20-48(36)56-50(37)49)27-46(30)54-42-18-8-3-13-35(42)39-26-32(21-23-44(39)54)53-40-16-6-1-11-33(40)34-12-2-7-17-41(34)53/h1-27H. The number of hydrogen-bond donors (Lipinski definition) is 0. The molecule has 8 aromatic carbocycles. The molecular weight excluding hydrogens is 687 g/mol. The summed E-state index contributed by atoms with van der Waals surface area (Å²) >= 11 is 0. The predicted octanol–water partition coefficient (Wildman–Crippen LogP) is 12.6. The van der Waals surface area contributed by atoms with E-state index in [0.29, 0.717) is 22.5 Å². The molecule has 6 nitrogen and oxygen atoms in total. The van der Waals surface area contributed by atoms with Crippen molar-refractivity contribution in [1.29, 1.82) is 10.5 Å². The Balaban J connectivity index is 1.15. The molecule has 0 amide bonds. The highest BCUT2D eigenvalue weighted by molar-refractivity contribution is 6.24. The van der Waals surface area contributed by atoms with Crippen LogP contribution in [-0.4, -0.2) is 13.7 Å². The minimum absolute atomic E-state index is 0.409. The number of nitriles is 2. The lowest BCUT2D eigenvalue weighted by Gasteiger charge is -2.16. The molecule has 0 aliphatic rings. The monoisotopic (exact) mass is 713 g/mol. The fraction of sp³-hybridized carbons (Fsp3) is 0. The van der Waals surface area contributed by atoms with Gasteiger partial charge in [-0.1, -0.05) is 91.0 Å². The number of benzene rings is 8. The first-order chi connectivity index (χ1) is 27.7. The molecule has 6 heteroatoms. The van der Waals surface area contributed by atoms with E-state index in [9.17, 15) is 10.5 Å². The van der Waals surface area contributed by atoms with E-state index in [-0.39, 0.29) is 0 Å². The van der Waals surface area contributed by atoms with Crippen LogP contribution in [-0.2, 0) is 0 Å². The molecule has 0 aliphatic carbocycles. The molecule has 0 atom stereocenters. The van der Waals surface area contributed by atoms with E-state index in [4.69, 9.17) is 4.42 Å². The molecule has 12 rings (SSSR count). The number of furan rings is 1. The van der Waals surface area contributed by atoms with Crippen molar-refractivity contribution in [2.45, 2.75) is 0 Å². The van der Waals surface area contributed by atoms with Crippen LogP contribution in [0.1, 0.15) is 11.1 Å². The Morgan fingerprint density at radius 2 is 0.857 bits per heavy atom. The highest BCUT2D eigenvalue weighted by Gasteiger charge is 2.23. The van der Waals surface area contributed by atoms with Crippen molar-refractivity contribution in [2.24, 2.45) is 0 Å². The van der Waals surface area contributed by atoms with Gasteiger partial charge in [0, 0.05) is 43.4 Å². The van der Waals surface area contributed by atoms with Crippen LogP contribution in [0, 0.1) is 22.7 Å². The third-order valence-electron chi connectivity index (χ3n) is 11.5. The molecule has 56 heavy (non-hydrogen) atoms. The van der Waals surface area contributed by atoms with Gasteiger partial charge in [-0.05, 0) is 72.8 Å². The van der Waals surface area contributed by atoms with Crippen LogP contribution >= 0.6 is 0 Å². The predicted molar refractivity (Wildman–Crippen MR) is 226 cm³/mol. The molecule has 258 valence electrons. The van der Waals surface area contributed by atoms with Crippen molar-refractivity contribution >= 4 is 87.4 Å². The van der Waals surface area contributed by atoms with Gasteiger partial charge < -0.3 is 18.1 Å². The van der Waals surface area contributed by atoms with Gasteiger partial charge in [0.15, 0.2) is 0 Å². The van der Waals surface area contributed by atoms with Crippen molar-refractivity contribution in [1.82, 2.24) is 13.7 Å². The lowest BCUT2D eigenvalue weighted by atomic mass is 10.1. The number of hydrogen-bond acceptors (Lipinski definition) is 3. The van der Waals surface area contributed by atoms with E-state index in [2.05, 4.69) is 141 Å². The molecule has 0 saturated heterocycles. The van der Waals surface area contributed by atoms with E-state index in [1.807, 2.05) is 42.5 Å². The minimum Gasteiger partial charge on any atom is -0.455 e. The smallest absolute Gasteiger partial charge is 0.145 e. The zero-order valence-electron chi connectivity index (χ0n) is 29.7. The van der Waals surface area contributed by atoms with Crippen LogP contribution in [0.2, 0.25) is 0 Å². The first-order valence-electron chi connectivity index (χ1n) is 18.6. The molecule has 0 saturated carbocycles. The zero-order valence-corrected chi connectivity index (χ0v) is 29.7. The average Bonchev–Trinajstić information content (AvgIpc) is 3.99. The summed E-state index contributed by atoms with van der Waals surface area (Å²) in [5.41, 5.74) is 11.0. The minimum atomic E-state index is 0.409. The van der Waals surface area contributed by atoms with Gasteiger partial charge in [-0.25, -0.2) is 0 Å². The molecule has 0 radical (unpaired) electrons. The van der Waals surface area contributed by atoms with E-state index in [0.717, 1.165) is 82.3 Å². The fourth-order valence-electron chi connectivity index (χ4n) is 9.18. The topological polar surface area (TPSA) is 75.5 Å². The van der Waals surface area contributed by atoms with E-state index < -0.39 is 0 Å². The van der Waals surface area contributed by atoms with Gasteiger partial charge in [-0.3, -0.25) is 0 Å². The quantitative estimate of drug-likeness (QED) is 0.183.